The predicted molar refractivity (Wildman–Crippen MR) is 117 cm³/mol. The van der Waals surface area contributed by atoms with E-state index in [2.05, 4.69) is 45.8 Å². The maximum atomic E-state index is 4.30. The van der Waals surface area contributed by atoms with Crippen molar-refractivity contribution in [2.24, 2.45) is 10.9 Å². The summed E-state index contributed by atoms with van der Waals surface area (Å²) in [6.07, 6.45) is 5.24. The van der Waals surface area contributed by atoms with Crippen LogP contribution in [0.4, 0.5) is 0 Å². The van der Waals surface area contributed by atoms with Crippen LogP contribution in [0.1, 0.15) is 43.0 Å². The van der Waals surface area contributed by atoms with Gasteiger partial charge in [-0.05, 0) is 68.6 Å². The average molecular weight is 464 g/mol. The highest BCUT2D eigenvalue weighted by molar-refractivity contribution is 14.0. The van der Waals surface area contributed by atoms with Gasteiger partial charge in [0.05, 0.1) is 6.54 Å². The smallest absolute Gasteiger partial charge is 0.191 e. The van der Waals surface area contributed by atoms with Crippen LogP contribution in [0.15, 0.2) is 16.4 Å². The average Bonchev–Trinajstić information content (AvgIpc) is 2.95. The fourth-order valence-electron chi connectivity index (χ4n) is 3.13. The number of rotatable bonds is 7. The number of likely N-dealkylation sites (tertiary alicyclic amines) is 1. The van der Waals surface area contributed by atoms with Crippen LogP contribution in [-0.2, 0) is 6.54 Å². The van der Waals surface area contributed by atoms with Crippen LogP contribution in [0, 0.1) is 12.8 Å². The molecule has 1 atom stereocenters. The second kappa shape index (κ2) is 12.1. The van der Waals surface area contributed by atoms with E-state index in [0.29, 0.717) is 0 Å². The molecule has 1 aromatic heterocycles. The van der Waals surface area contributed by atoms with Crippen LogP contribution < -0.4 is 10.6 Å². The molecule has 24 heavy (non-hydrogen) atoms. The molecule has 1 aromatic rings. The second-order valence-corrected chi connectivity index (χ2v) is 7.64. The Balaban J connectivity index is 0.00000288. The number of halogens is 1. The van der Waals surface area contributed by atoms with Crippen LogP contribution in [0.5, 0.6) is 0 Å². The molecule has 2 rings (SSSR count). The summed E-state index contributed by atoms with van der Waals surface area (Å²) >= 11 is 1.80. The third-order valence-corrected chi connectivity index (χ3v) is 5.57. The maximum Gasteiger partial charge on any atom is 0.191 e. The van der Waals surface area contributed by atoms with Gasteiger partial charge >= 0.3 is 0 Å². The highest BCUT2D eigenvalue weighted by Crippen LogP contribution is 2.16. The van der Waals surface area contributed by atoms with E-state index < -0.39 is 0 Å². The fourth-order valence-corrected chi connectivity index (χ4v) is 3.97. The van der Waals surface area contributed by atoms with Gasteiger partial charge in [-0.15, -0.1) is 35.3 Å². The van der Waals surface area contributed by atoms with Gasteiger partial charge in [-0.2, -0.15) is 0 Å². The SMILES string of the molecule is CN=C(NCCCCN1CCCC(C)C1)NCc1sccc1C.I. The Morgan fingerprint density at radius 1 is 1.38 bits per heavy atom. The third-order valence-electron chi connectivity index (χ3n) is 4.54. The molecular formula is C18H33IN4S. The molecule has 1 unspecified atom stereocenters. The molecule has 4 nitrogen and oxygen atoms in total. The molecule has 1 aliphatic heterocycles. The van der Waals surface area contributed by atoms with Gasteiger partial charge in [-0.3, -0.25) is 4.99 Å². The molecule has 2 heterocycles. The van der Waals surface area contributed by atoms with E-state index in [-0.39, 0.29) is 24.0 Å². The lowest BCUT2D eigenvalue weighted by molar-refractivity contribution is 0.181. The number of nitrogens with one attached hydrogen (secondary N) is 2. The van der Waals surface area contributed by atoms with Crippen LogP contribution in [0.2, 0.25) is 0 Å². The number of unbranched alkanes of at least 4 members (excludes halogenated alkanes) is 1. The zero-order valence-corrected chi connectivity index (χ0v) is 18.5. The van der Waals surface area contributed by atoms with Crippen molar-refractivity contribution >= 4 is 41.3 Å². The van der Waals surface area contributed by atoms with E-state index in [9.17, 15) is 0 Å². The Morgan fingerprint density at radius 3 is 2.88 bits per heavy atom. The molecule has 0 amide bonds. The quantitative estimate of drug-likeness (QED) is 0.279. The summed E-state index contributed by atoms with van der Waals surface area (Å²) in [4.78, 5) is 8.31. The summed E-state index contributed by atoms with van der Waals surface area (Å²) in [5, 5.41) is 8.96. The summed E-state index contributed by atoms with van der Waals surface area (Å²) in [5.41, 5.74) is 1.36. The molecule has 1 fully saturated rings. The van der Waals surface area contributed by atoms with Crippen LogP contribution in [-0.4, -0.2) is 44.1 Å². The van der Waals surface area contributed by atoms with Gasteiger partial charge in [0.15, 0.2) is 5.96 Å². The molecule has 0 spiro atoms. The summed E-state index contributed by atoms with van der Waals surface area (Å²) in [6.45, 7) is 10.2. The van der Waals surface area contributed by atoms with Crippen molar-refractivity contribution in [3.05, 3.63) is 21.9 Å². The lowest BCUT2D eigenvalue weighted by Crippen LogP contribution is -2.38. The maximum absolute atomic E-state index is 4.30. The summed E-state index contributed by atoms with van der Waals surface area (Å²) in [5.74, 6) is 1.79. The van der Waals surface area contributed by atoms with Gasteiger partial charge in [-0.25, -0.2) is 0 Å². The standard InChI is InChI=1S/C18H32N4S.HI/c1-15-7-6-11-22(14-15)10-5-4-9-20-18(19-3)21-13-17-16(2)8-12-23-17;/h8,12,15H,4-7,9-11,13-14H2,1-3H3,(H2,19,20,21);1H. The predicted octanol–water partition coefficient (Wildman–Crippen LogP) is 3.85. The largest absolute Gasteiger partial charge is 0.356 e. The number of hydrogen-bond acceptors (Lipinski definition) is 3. The third kappa shape index (κ3) is 7.70. The van der Waals surface area contributed by atoms with Gasteiger partial charge in [0, 0.05) is 25.0 Å². The zero-order valence-electron chi connectivity index (χ0n) is 15.3. The van der Waals surface area contributed by atoms with Crippen molar-refractivity contribution in [1.82, 2.24) is 15.5 Å². The lowest BCUT2D eigenvalue weighted by atomic mass is 10.0. The first-order valence-electron chi connectivity index (χ1n) is 8.89. The highest BCUT2D eigenvalue weighted by atomic mass is 127. The minimum Gasteiger partial charge on any atom is -0.356 e. The topological polar surface area (TPSA) is 39.7 Å². The van der Waals surface area contributed by atoms with E-state index >= 15 is 0 Å². The first-order valence-corrected chi connectivity index (χ1v) is 9.77. The Morgan fingerprint density at radius 2 is 2.21 bits per heavy atom. The Labute approximate surface area is 168 Å². The van der Waals surface area contributed by atoms with Crippen LogP contribution in [0.25, 0.3) is 0 Å². The molecular weight excluding hydrogens is 431 g/mol. The highest BCUT2D eigenvalue weighted by Gasteiger charge is 2.15. The molecule has 138 valence electrons. The van der Waals surface area contributed by atoms with Gasteiger partial charge in [-0.1, -0.05) is 6.92 Å². The van der Waals surface area contributed by atoms with Crippen molar-refractivity contribution in [3.8, 4) is 0 Å². The van der Waals surface area contributed by atoms with E-state index in [1.807, 2.05) is 7.05 Å². The first-order chi connectivity index (χ1) is 11.2. The van der Waals surface area contributed by atoms with E-state index in [4.69, 9.17) is 0 Å². The van der Waals surface area contributed by atoms with Crippen molar-refractivity contribution in [2.75, 3.05) is 33.2 Å². The molecule has 0 aromatic carbocycles. The van der Waals surface area contributed by atoms with Crippen molar-refractivity contribution in [3.63, 3.8) is 0 Å². The number of thiophene rings is 1. The van der Waals surface area contributed by atoms with Crippen LogP contribution >= 0.6 is 35.3 Å². The van der Waals surface area contributed by atoms with Gasteiger partial charge in [0.25, 0.3) is 0 Å². The molecule has 2 N–H and O–H groups in total. The van der Waals surface area contributed by atoms with Crippen LogP contribution in [0.3, 0.4) is 0 Å². The van der Waals surface area contributed by atoms with Gasteiger partial charge < -0.3 is 15.5 Å². The number of piperidine rings is 1. The van der Waals surface area contributed by atoms with E-state index in [1.165, 1.54) is 55.8 Å². The van der Waals surface area contributed by atoms with Gasteiger partial charge in [0.2, 0.25) is 0 Å². The zero-order chi connectivity index (χ0) is 16.5. The molecule has 0 radical (unpaired) electrons. The van der Waals surface area contributed by atoms with E-state index in [0.717, 1.165) is 25.0 Å². The number of nitrogens with zero attached hydrogens (tertiary/aromatic N) is 2. The minimum atomic E-state index is 0. The number of aliphatic imine (C=N–C) groups is 1. The lowest BCUT2D eigenvalue weighted by Gasteiger charge is -2.30. The molecule has 1 saturated heterocycles. The number of aryl methyl sites for hydroxylation is 1. The summed E-state index contributed by atoms with van der Waals surface area (Å²) in [7, 11) is 1.84. The molecule has 0 aliphatic carbocycles. The molecule has 6 heteroatoms. The Hall–Kier alpha value is -0.340. The van der Waals surface area contributed by atoms with Crippen molar-refractivity contribution in [1.29, 1.82) is 0 Å². The first kappa shape index (κ1) is 21.7. The fraction of sp³-hybridized carbons (Fsp3) is 0.722. The number of hydrogen-bond donors (Lipinski definition) is 2. The van der Waals surface area contributed by atoms with Gasteiger partial charge in [0.1, 0.15) is 0 Å². The second-order valence-electron chi connectivity index (χ2n) is 6.63. The number of guanidine groups is 1. The Bertz CT molecular complexity index is 489. The molecule has 0 bridgehead atoms. The monoisotopic (exact) mass is 464 g/mol. The van der Waals surface area contributed by atoms with Crippen molar-refractivity contribution < 1.29 is 0 Å². The molecule has 1 aliphatic rings. The minimum absolute atomic E-state index is 0. The normalized spacial score (nSPS) is 19.0. The van der Waals surface area contributed by atoms with E-state index in [1.54, 1.807) is 11.3 Å². The summed E-state index contributed by atoms with van der Waals surface area (Å²) in [6, 6.07) is 2.17. The molecule has 0 saturated carbocycles. The van der Waals surface area contributed by atoms with Crippen molar-refractivity contribution in [2.45, 2.75) is 46.1 Å². The summed E-state index contributed by atoms with van der Waals surface area (Å²) < 4.78 is 0. The Kier molecular flexibility index (Phi) is 10.9.